The average Bonchev–Trinajstić information content (AvgIpc) is 2.73. The molecule has 0 atom stereocenters. The predicted molar refractivity (Wildman–Crippen MR) is 85.7 cm³/mol. The van der Waals surface area contributed by atoms with Crippen LogP contribution in [0.3, 0.4) is 0 Å². The third-order valence-electron chi connectivity index (χ3n) is 3.07. The molecule has 0 amide bonds. The Morgan fingerprint density at radius 1 is 1.45 bits per heavy atom. The number of benzene rings is 1. The minimum absolute atomic E-state index is 0.610. The van der Waals surface area contributed by atoms with Crippen LogP contribution in [0.4, 0.5) is 5.69 Å². The van der Waals surface area contributed by atoms with Crippen LogP contribution in [0.15, 0.2) is 22.7 Å². The van der Waals surface area contributed by atoms with Crippen molar-refractivity contribution in [2.75, 3.05) is 12.4 Å². The van der Waals surface area contributed by atoms with Crippen LogP contribution < -0.4 is 10.1 Å². The summed E-state index contributed by atoms with van der Waals surface area (Å²) < 4.78 is 8.13. The third kappa shape index (κ3) is 3.10. The van der Waals surface area contributed by atoms with Gasteiger partial charge < -0.3 is 10.1 Å². The fraction of sp³-hybridized carbons (Fsp3) is 0.357. The number of anilines is 1. The second-order valence-electron chi connectivity index (χ2n) is 4.36. The molecule has 0 saturated carbocycles. The standard InChI is InChI=1S/C14H17BrClN3O/c1-4-19-13(14(16)9(2)18-19)8-17-12-7-10(20-3)5-6-11(12)15/h5-7,17H,4,8H2,1-3H3. The van der Waals surface area contributed by atoms with Gasteiger partial charge in [0.2, 0.25) is 0 Å². The third-order valence-corrected chi connectivity index (χ3v) is 4.26. The van der Waals surface area contributed by atoms with Gasteiger partial charge in [0.25, 0.3) is 0 Å². The maximum absolute atomic E-state index is 6.30. The first kappa shape index (κ1) is 15.2. The molecule has 0 aliphatic heterocycles. The van der Waals surface area contributed by atoms with Crippen molar-refractivity contribution in [1.82, 2.24) is 9.78 Å². The number of rotatable bonds is 5. The van der Waals surface area contributed by atoms with E-state index < -0.39 is 0 Å². The van der Waals surface area contributed by atoms with E-state index in [1.165, 1.54) is 0 Å². The number of ether oxygens (including phenoxy) is 1. The van der Waals surface area contributed by atoms with Crippen molar-refractivity contribution >= 4 is 33.2 Å². The van der Waals surface area contributed by atoms with E-state index in [0.29, 0.717) is 6.54 Å². The molecule has 2 rings (SSSR count). The summed E-state index contributed by atoms with van der Waals surface area (Å²) in [7, 11) is 1.65. The van der Waals surface area contributed by atoms with Gasteiger partial charge in [-0.05, 0) is 41.9 Å². The molecule has 1 heterocycles. The number of hydrogen-bond donors (Lipinski definition) is 1. The van der Waals surface area contributed by atoms with E-state index in [0.717, 1.165) is 38.9 Å². The second kappa shape index (κ2) is 6.50. The van der Waals surface area contributed by atoms with Gasteiger partial charge in [0.1, 0.15) is 5.75 Å². The maximum Gasteiger partial charge on any atom is 0.121 e. The van der Waals surface area contributed by atoms with Gasteiger partial charge in [0.15, 0.2) is 0 Å². The first-order chi connectivity index (χ1) is 9.56. The van der Waals surface area contributed by atoms with Crippen molar-refractivity contribution in [2.24, 2.45) is 0 Å². The molecule has 0 radical (unpaired) electrons. The SMILES string of the molecule is CCn1nc(C)c(Cl)c1CNc1cc(OC)ccc1Br. The number of aryl methyl sites for hydroxylation is 2. The quantitative estimate of drug-likeness (QED) is 0.868. The Balaban J connectivity index is 2.20. The van der Waals surface area contributed by atoms with Crippen molar-refractivity contribution in [3.63, 3.8) is 0 Å². The number of aromatic nitrogens is 2. The zero-order valence-corrected chi connectivity index (χ0v) is 14.0. The van der Waals surface area contributed by atoms with Crippen LogP contribution in [-0.2, 0) is 13.1 Å². The number of halogens is 2. The Bertz CT molecular complexity index is 613. The highest BCUT2D eigenvalue weighted by atomic mass is 79.9. The monoisotopic (exact) mass is 357 g/mol. The lowest BCUT2D eigenvalue weighted by atomic mass is 10.3. The lowest BCUT2D eigenvalue weighted by molar-refractivity contribution is 0.415. The molecule has 1 aromatic carbocycles. The Hall–Kier alpha value is -1.20. The van der Waals surface area contributed by atoms with E-state index in [-0.39, 0.29) is 0 Å². The fourth-order valence-corrected chi connectivity index (χ4v) is 2.57. The van der Waals surface area contributed by atoms with Crippen molar-refractivity contribution in [3.05, 3.63) is 39.1 Å². The topological polar surface area (TPSA) is 39.1 Å². The molecular formula is C14H17BrClN3O. The molecule has 0 unspecified atom stereocenters. The van der Waals surface area contributed by atoms with Gasteiger partial charge in [-0.2, -0.15) is 5.10 Å². The molecule has 6 heteroatoms. The fourth-order valence-electron chi connectivity index (χ4n) is 1.98. The largest absolute Gasteiger partial charge is 0.497 e. The van der Waals surface area contributed by atoms with Crippen LogP contribution in [-0.4, -0.2) is 16.9 Å². The zero-order valence-electron chi connectivity index (χ0n) is 11.7. The molecule has 0 saturated heterocycles. The highest BCUT2D eigenvalue weighted by Crippen LogP contribution is 2.28. The summed E-state index contributed by atoms with van der Waals surface area (Å²) in [5.41, 5.74) is 2.80. The maximum atomic E-state index is 6.30. The average molecular weight is 359 g/mol. The second-order valence-corrected chi connectivity index (χ2v) is 5.59. The van der Waals surface area contributed by atoms with Crippen LogP contribution in [0, 0.1) is 6.92 Å². The highest BCUT2D eigenvalue weighted by Gasteiger charge is 2.12. The molecule has 20 heavy (non-hydrogen) atoms. The zero-order chi connectivity index (χ0) is 14.7. The summed E-state index contributed by atoms with van der Waals surface area (Å²) in [6, 6.07) is 5.80. The summed E-state index contributed by atoms with van der Waals surface area (Å²) in [4.78, 5) is 0. The van der Waals surface area contributed by atoms with Crippen molar-refractivity contribution in [2.45, 2.75) is 26.9 Å². The van der Waals surface area contributed by atoms with Crippen LogP contribution in [0.25, 0.3) is 0 Å². The number of nitrogens with zero attached hydrogens (tertiary/aromatic N) is 2. The molecule has 0 aliphatic rings. The minimum Gasteiger partial charge on any atom is -0.497 e. The van der Waals surface area contributed by atoms with Gasteiger partial charge in [-0.15, -0.1) is 0 Å². The molecule has 0 aliphatic carbocycles. The lowest BCUT2D eigenvalue weighted by Gasteiger charge is -2.11. The normalized spacial score (nSPS) is 10.7. The van der Waals surface area contributed by atoms with E-state index in [2.05, 4.69) is 26.3 Å². The van der Waals surface area contributed by atoms with E-state index in [1.807, 2.05) is 36.7 Å². The molecule has 1 N–H and O–H groups in total. The first-order valence-electron chi connectivity index (χ1n) is 6.36. The molecule has 108 valence electrons. The summed E-state index contributed by atoms with van der Waals surface area (Å²) in [6.07, 6.45) is 0. The van der Waals surface area contributed by atoms with Gasteiger partial charge in [-0.3, -0.25) is 4.68 Å². The van der Waals surface area contributed by atoms with Gasteiger partial charge in [0, 0.05) is 17.1 Å². The van der Waals surface area contributed by atoms with E-state index in [4.69, 9.17) is 16.3 Å². The van der Waals surface area contributed by atoms with Crippen LogP contribution >= 0.6 is 27.5 Å². The predicted octanol–water partition coefficient (Wildman–Crippen LogP) is 4.25. The van der Waals surface area contributed by atoms with Gasteiger partial charge in [-0.25, -0.2) is 0 Å². The van der Waals surface area contributed by atoms with Gasteiger partial charge in [-0.1, -0.05) is 11.6 Å². The van der Waals surface area contributed by atoms with E-state index >= 15 is 0 Å². The highest BCUT2D eigenvalue weighted by molar-refractivity contribution is 9.10. The van der Waals surface area contributed by atoms with Crippen LogP contribution in [0.2, 0.25) is 5.02 Å². The Morgan fingerprint density at radius 2 is 2.20 bits per heavy atom. The van der Waals surface area contributed by atoms with E-state index in [9.17, 15) is 0 Å². The van der Waals surface area contributed by atoms with Crippen molar-refractivity contribution in [3.8, 4) is 5.75 Å². The summed E-state index contributed by atoms with van der Waals surface area (Å²) in [5, 5.41) is 8.49. The van der Waals surface area contributed by atoms with Crippen LogP contribution in [0.1, 0.15) is 18.3 Å². The van der Waals surface area contributed by atoms with Crippen molar-refractivity contribution in [1.29, 1.82) is 0 Å². The molecule has 1 aromatic heterocycles. The smallest absolute Gasteiger partial charge is 0.121 e. The summed E-state index contributed by atoms with van der Waals surface area (Å²) >= 11 is 9.82. The minimum atomic E-state index is 0.610. The molecule has 0 spiro atoms. The number of nitrogens with one attached hydrogen (secondary N) is 1. The summed E-state index contributed by atoms with van der Waals surface area (Å²) in [5.74, 6) is 0.807. The lowest BCUT2D eigenvalue weighted by Crippen LogP contribution is -2.08. The van der Waals surface area contributed by atoms with Gasteiger partial charge >= 0.3 is 0 Å². The number of methoxy groups -OCH3 is 1. The Morgan fingerprint density at radius 3 is 2.85 bits per heavy atom. The van der Waals surface area contributed by atoms with Crippen molar-refractivity contribution < 1.29 is 4.74 Å². The molecule has 2 aromatic rings. The first-order valence-corrected chi connectivity index (χ1v) is 7.53. The molecular weight excluding hydrogens is 342 g/mol. The molecule has 0 bridgehead atoms. The number of hydrogen-bond acceptors (Lipinski definition) is 3. The Kier molecular flexibility index (Phi) is 4.94. The molecule has 4 nitrogen and oxygen atoms in total. The van der Waals surface area contributed by atoms with E-state index in [1.54, 1.807) is 7.11 Å². The molecule has 0 fully saturated rings. The van der Waals surface area contributed by atoms with Gasteiger partial charge in [0.05, 0.1) is 35.8 Å². The van der Waals surface area contributed by atoms with Crippen LogP contribution in [0.5, 0.6) is 5.75 Å². The Labute approximate surface area is 132 Å². The summed E-state index contributed by atoms with van der Waals surface area (Å²) in [6.45, 7) is 5.37.